The van der Waals surface area contributed by atoms with Gasteiger partial charge in [0.2, 0.25) is 5.88 Å². The molecule has 0 unspecified atom stereocenters. The summed E-state index contributed by atoms with van der Waals surface area (Å²) in [4.78, 5) is 12.1. The van der Waals surface area contributed by atoms with Crippen molar-refractivity contribution in [3.8, 4) is 5.88 Å². The second-order valence-corrected chi connectivity index (χ2v) is 8.64. The molecule has 0 aliphatic rings. The molecule has 0 radical (unpaired) electrons. The van der Waals surface area contributed by atoms with Gasteiger partial charge in [0.15, 0.2) is 5.56 Å². The number of aromatic nitrogens is 2. The zero-order valence-electron chi connectivity index (χ0n) is 17.8. The molecule has 0 bridgehead atoms. The Balaban J connectivity index is 2.43. The van der Waals surface area contributed by atoms with E-state index in [-0.39, 0.29) is 28.7 Å². The van der Waals surface area contributed by atoms with Crippen molar-refractivity contribution in [3.05, 3.63) is 51.8 Å². The van der Waals surface area contributed by atoms with Crippen molar-refractivity contribution in [2.24, 2.45) is 5.41 Å². The van der Waals surface area contributed by atoms with Gasteiger partial charge in [0.05, 0.1) is 20.5 Å². The van der Waals surface area contributed by atoms with Gasteiger partial charge in [-0.05, 0) is 32.5 Å². The fourth-order valence-electron chi connectivity index (χ4n) is 2.82. The summed E-state index contributed by atoms with van der Waals surface area (Å²) in [6, 6.07) is 6.62. The Morgan fingerprint density at radius 3 is 2.39 bits per heavy atom. The van der Waals surface area contributed by atoms with E-state index in [1.807, 2.05) is 20.8 Å². The number of methoxy groups -OCH3 is 2. The molecule has 0 fully saturated rings. The van der Waals surface area contributed by atoms with E-state index in [1.54, 1.807) is 24.3 Å². The third-order valence-corrected chi connectivity index (χ3v) is 4.88. The summed E-state index contributed by atoms with van der Waals surface area (Å²) in [5.41, 5.74) is -0.305. The molecule has 0 amide bonds. The van der Waals surface area contributed by atoms with E-state index in [9.17, 15) is 18.0 Å². The van der Waals surface area contributed by atoms with Crippen molar-refractivity contribution >= 4 is 27.5 Å². The third-order valence-electron chi connectivity index (χ3n) is 4.08. The average molecular weight is 505 g/mol. The van der Waals surface area contributed by atoms with Gasteiger partial charge >= 0.3 is 12.1 Å². The van der Waals surface area contributed by atoms with Crippen LogP contribution in [0.4, 0.5) is 13.2 Å². The smallest absolute Gasteiger partial charge is 0.424 e. The minimum Gasteiger partial charge on any atom is -0.503 e. The van der Waals surface area contributed by atoms with Crippen LogP contribution >= 0.6 is 15.9 Å². The van der Waals surface area contributed by atoms with Crippen LogP contribution in [-0.4, -0.2) is 30.0 Å². The van der Waals surface area contributed by atoms with Crippen LogP contribution in [0, 0.1) is 5.41 Å². The topological polar surface area (TPSA) is 62.6 Å². The molecular weight excluding hydrogens is 481 g/mol. The Morgan fingerprint density at radius 2 is 1.84 bits per heavy atom. The van der Waals surface area contributed by atoms with Crippen LogP contribution < -0.4 is 4.74 Å². The molecule has 31 heavy (non-hydrogen) atoms. The fourth-order valence-corrected chi connectivity index (χ4v) is 3.42. The molecule has 1 aromatic carbocycles. The second kappa shape index (κ2) is 9.76. The van der Waals surface area contributed by atoms with E-state index in [0.29, 0.717) is 11.1 Å². The van der Waals surface area contributed by atoms with Crippen LogP contribution in [0.2, 0.25) is 0 Å². The first-order valence-electron chi connectivity index (χ1n) is 9.25. The number of ether oxygens (including phenoxy) is 3. The number of nitrogens with zero attached hydrogens (tertiary/aromatic N) is 2. The Labute approximate surface area is 187 Å². The first-order chi connectivity index (χ1) is 14.4. The molecule has 170 valence electrons. The van der Waals surface area contributed by atoms with Crippen molar-refractivity contribution in [3.63, 3.8) is 0 Å². The van der Waals surface area contributed by atoms with Crippen LogP contribution in [0.5, 0.6) is 5.88 Å². The van der Waals surface area contributed by atoms with Gasteiger partial charge in [-0.25, -0.2) is 4.79 Å². The van der Waals surface area contributed by atoms with Gasteiger partial charge in [-0.3, -0.25) is 4.68 Å². The van der Waals surface area contributed by atoms with Gasteiger partial charge in [0, 0.05) is 6.54 Å². The number of carbonyl (C=O) groups excluding carboxylic acids is 1. The molecule has 0 saturated carbocycles. The lowest BCUT2D eigenvalue weighted by Gasteiger charge is -2.18. The van der Waals surface area contributed by atoms with Crippen molar-refractivity contribution in [1.82, 2.24) is 9.78 Å². The van der Waals surface area contributed by atoms with Crippen LogP contribution in [0.1, 0.15) is 37.5 Å². The summed E-state index contributed by atoms with van der Waals surface area (Å²) in [6.45, 7) is 5.67. The summed E-state index contributed by atoms with van der Waals surface area (Å²) in [5, 5.41) is 4.04. The molecule has 0 N–H and O–H groups in total. The largest absolute Gasteiger partial charge is 0.503 e. The van der Waals surface area contributed by atoms with Gasteiger partial charge in [-0.1, -0.05) is 45.0 Å². The molecule has 0 aliphatic carbocycles. The van der Waals surface area contributed by atoms with Crippen molar-refractivity contribution < 1.29 is 32.2 Å². The Kier molecular flexibility index (Phi) is 7.80. The maximum Gasteiger partial charge on any atom is 0.424 e. The molecule has 0 aliphatic heterocycles. The molecule has 0 atom stereocenters. The minimum absolute atomic E-state index is 0.111. The number of esters is 1. The van der Waals surface area contributed by atoms with Crippen LogP contribution in [0.3, 0.4) is 0 Å². The lowest BCUT2D eigenvalue weighted by Crippen LogP contribution is -2.17. The first kappa shape index (κ1) is 24.8. The zero-order chi connectivity index (χ0) is 23.4. The normalized spacial score (nSPS) is 12.6. The van der Waals surface area contributed by atoms with Crippen molar-refractivity contribution in [2.75, 3.05) is 14.2 Å². The summed E-state index contributed by atoms with van der Waals surface area (Å²) in [5.74, 6) is -1.20. The SMILES string of the molecule is CO/C=C(/C(=O)OC)c1ccccc1COc1nn(CC(C)(C)C)c(Br)c1C(F)(F)F. The molecule has 6 nitrogen and oxygen atoms in total. The van der Waals surface area contributed by atoms with E-state index in [1.165, 1.54) is 25.2 Å². The Hall–Kier alpha value is -2.49. The number of alkyl halides is 3. The molecular formula is C21H24BrF3N2O4. The van der Waals surface area contributed by atoms with Gasteiger partial charge in [-0.15, -0.1) is 5.10 Å². The van der Waals surface area contributed by atoms with Gasteiger partial charge < -0.3 is 14.2 Å². The maximum atomic E-state index is 13.7. The summed E-state index contributed by atoms with van der Waals surface area (Å²) < 4.78 is 57.3. The summed E-state index contributed by atoms with van der Waals surface area (Å²) in [7, 11) is 2.59. The predicted molar refractivity (Wildman–Crippen MR) is 112 cm³/mol. The maximum absolute atomic E-state index is 13.7. The Bertz CT molecular complexity index is 963. The lowest BCUT2D eigenvalue weighted by atomic mass is 9.97. The monoisotopic (exact) mass is 504 g/mol. The van der Waals surface area contributed by atoms with Gasteiger partial charge in [-0.2, -0.15) is 13.2 Å². The molecule has 1 aromatic heterocycles. The number of benzene rings is 1. The molecule has 0 saturated heterocycles. The number of hydrogen-bond donors (Lipinski definition) is 0. The summed E-state index contributed by atoms with van der Waals surface area (Å²) >= 11 is 3.02. The van der Waals surface area contributed by atoms with Gasteiger partial charge in [0.25, 0.3) is 0 Å². The highest BCUT2D eigenvalue weighted by Crippen LogP contribution is 2.42. The van der Waals surface area contributed by atoms with E-state index >= 15 is 0 Å². The van der Waals surface area contributed by atoms with Crippen LogP contribution in [0.15, 0.2) is 35.1 Å². The third kappa shape index (κ3) is 6.25. The van der Waals surface area contributed by atoms with E-state index in [0.717, 1.165) is 0 Å². The Morgan fingerprint density at radius 1 is 1.19 bits per heavy atom. The molecule has 0 spiro atoms. The number of rotatable bonds is 7. The average Bonchev–Trinajstić information content (AvgIpc) is 2.98. The fraction of sp³-hybridized carbons (Fsp3) is 0.429. The van der Waals surface area contributed by atoms with Crippen molar-refractivity contribution in [2.45, 2.75) is 40.1 Å². The standard InChI is InChI=1S/C21H24BrF3N2O4/c1-20(2,3)12-27-17(22)16(21(23,24)25)18(26-27)31-10-13-8-6-7-9-14(13)15(11-29-4)19(28)30-5/h6-9,11H,10,12H2,1-5H3/b15-11+. The van der Waals surface area contributed by atoms with E-state index in [4.69, 9.17) is 14.2 Å². The number of carbonyl (C=O) groups is 1. The van der Waals surface area contributed by atoms with Crippen LogP contribution in [0.25, 0.3) is 5.57 Å². The summed E-state index contributed by atoms with van der Waals surface area (Å²) in [6.07, 6.45) is -3.46. The number of halogens is 4. The second-order valence-electron chi connectivity index (χ2n) is 7.89. The van der Waals surface area contributed by atoms with Gasteiger partial charge in [0.1, 0.15) is 16.8 Å². The highest BCUT2D eigenvalue weighted by atomic mass is 79.9. The van der Waals surface area contributed by atoms with Crippen LogP contribution in [-0.2, 0) is 33.6 Å². The van der Waals surface area contributed by atoms with Crippen molar-refractivity contribution in [1.29, 1.82) is 0 Å². The zero-order valence-corrected chi connectivity index (χ0v) is 19.4. The highest BCUT2D eigenvalue weighted by molar-refractivity contribution is 9.10. The molecule has 10 heteroatoms. The molecule has 1 heterocycles. The highest BCUT2D eigenvalue weighted by Gasteiger charge is 2.41. The lowest BCUT2D eigenvalue weighted by molar-refractivity contribution is -0.139. The predicted octanol–water partition coefficient (Wildman–Crippen LogP) is 5.45. The minimum atomic E-state index is -4.67. The van der Waals surface area contributed by atoms with E-state index in [2.05, 4.69) is 21.0 Å². The van der Waals surface area contributed by atoms with E-state index < -0.39 is 23.6 Å². The molecule has 2 aromatic rings. The first-order valence-corrected chi connectivity index (χ1v) is 10.0. The molecule has 2 rings (SSSR count). The number of hydrogen-bond acceptors (Lipinski definition) is 5. The quantitative estimate of drug-likeness (QED) is 0.285.